The van der Waals surface area contributed by atoms with E-state index in [2.05, 4.69) is 46.2 Å². The number of benzene rings is 1. The molecule has 0 spiro atoms. The van der Waals surface area contributed by atoms with Gasteiger partial charge in [0.05, 0.1) is 23.4 Å². The Balaban J connectivity index is 1.24. The van der Waals surface area contributed by atoms with Gasteiger partial charge in [0, 0.05) is 26.1 Å². The Morgan fingerprint density at radius 1 is 1.00 bits per heavy atom. The van der Waals surface area contributed by atoms with Gasteiger partial charge in [-0.25, -0.2) is 5.01 Å². The Kier molecular flexibility index (Phi) is 6.48. The molecule has 0 bridgehead atoms. The zero-order chi connectivity index (χ0) is 21.8. The van der Waals surface area contributed by atoms with E-state index >= 15 is 0 Å². The maximum atomic E-state index is 13.3. The standard InChI is InChI=1S/C25H28N4O2S/c30-25(19-28-12-6-11-27(13-14-28)18-20-7-2-1-3-8-20)29-22(23-9-4-15-31-23)17-21(26-29)24-10-5-16-32-24/h1-5,7-10,15-16,22H,6,11-14,17-19H2. The first-order valence-electron chi connectivity index (χ1n) is 11.2. The van der Waals surface area contributed by atoms with E-state index < -0.39 is 0 Å². The Labute approximate surface area is 192 Å². The van der Waals surface area contributed by atoms with E-state index in [1.54, 1.807) is 22.6 Å². The third kappa shape index (κ3) is 4.85. The summed E-state index contributed by atoms with van der Waals surface area (Å²) in [6.07, 6.45) is 3.41. The fourth-order valence-electron chi connectivity index (χ4n) is 4.48. The van der Waals surface area contributed by atoms with E-state index in [9.17, 15) is 4.79 Å². The Hall–Kier alpha value is -2.74. The van der Waals surface area contributed by atoms with Gasteiger partial charge in [-0.3, -0.25) is 14.6 Å². The van der Waals surface area contributed by atoms with E-state index in [1.807, 2.05) is 23.6 Å². The summed E-state index contributed by atoms with van der Waals surface area (Å²) in [5, 5.41) is 8.44. The van der Waals surface area contributed by atoms with E-state index in [0.29, 0.717) is 13.0 Å². The number of amides is 1. The summed E-state index contributed by atoms with van der Waals surface area (Å²) in [7, 11) is 0. The quantitative estimate of drug-likeness (QED) is 0.566. The van der Waals surface area contributed by atoms with Crippen LogP contribution in [0.1, 0.15) is 35.1 Å². The molecule has 7 heteroatoms. The van der Waals surface area contributed by atoms with E-state index in [0.717, 1.165) is 55.5 Å². The van der Waals surface area contributed by atoms with Crippen LogP contribution in [0.15, 0.2) is 75.8 Å². The lowest BCUT2D eigenvalue weighted by atomic mass is 10.1. The van der Waals surface area contributed by atoms with Crippen molar-refractivity contribution in [2.24, 2.45) is 5.10 Å². The summed E-state index contributed by atoms with van der Waals surface area (Å²) in [5.41, 5.74) is 2.30. The highest BCUT2D eigenvalue weighted by Crippen LogP contribution is 2.34. The summed E-state index contributed by atoms with van der Waals surface area (Å²) >= 11 is 1.66. The van der Waals surface area contributed by atoms with Gasteiger partial charge >= 0.3 is 0 Å². The number of thiophene rings is 1. The van der Waals surface area contributed by atoms with Crippen molar-refractivity contribution < 1.29 is 9.21 Å². The first-order valence-corrected chi connectivity index (χ1v) is 12.1. The van der Waals surface area contributed by atoms with Crippen LogP contribution in [0.5, 0.6) is 0 Å². The molecule has 1 fully saturated rings. The number of rotatable bonds is 6. The van der Waals surface area contributed by atoms with Crippen molar-refractivity contribution >= 4 is 23.0 Å². The second-order valence-electron chi connectivity index (χ2n) is 8.39. The molecule has 0 aliphatic carbocycles. The third-order valence-corrected chi connectivity index (χ3v) is 7.05. The van der Waals surface area contributed by atoms with Crippen LogP contribution in [-0.2, 0) is 11.3 Å². The lowest BCUT2D eigenvalue weighted by Gasteiger charge is -2.25. The molecule has 1 amide bonds. The lowest BCUT2D eigenvalue weighted by molar-refractivity contribution is -0.134. The second-order valence-corrected chi connectivity index (χ2v) is 9.34. The maximum absolute atomic E-state index is 13.3. The average molecular weight is 449 g/mol. The molecular formula is C25H28N4O2S. The molecule has 0 N–H and O–H groups in total. The highest BCUT2D eigenvalue weighted by Gasteiger charge is 2.35. The smallest absolute Gasteiger partial charge is 0.257 e. The van der Waals surface area contributed by atoms with Crippen LogP contribution in [0.4, 0.5) is 0 Å². The van der Waals surface area contributed by atoms with Crippen molar-refractivity contribution in [3.63, 3.8) is 0 Å². The molecule has 1 atom stereocenters. The third-order valence-electron chi connectivity index (χ3n) is 6.13. The lowest BCUT2D eigenvalue weighted by Crippen LogP contribution is -2.40. The molecule has 6 nitrogen and oxygen atoms in total. The van der Waals surface area contributed by atoms with Crippen LogP contribution >= 0.6 is 11.3 Å². The molecule has 166 valence electrons. The number of carbonyl (C=O) groups is 1. The summed E-state index contributed by atoms with van der Waals surface area (Å²) in [4.78, 5) is 19.2. The molecule has 2 aromatic heterocycles. The molecule has 32 heavy (non-hydrogen) atoms. The highest BCUT2D eigenvalue weighted by molar-refractivity contribution is 7.12. The van der Waals surface area contributed by atoms with Gasteiger partial charge in [0.25, 0.3) is 5.91 Å². The number of hydrogen-bond acceptors (Lipinski definition) is 6. The summed E-state index contributed by atoms with van der Waals surface area (Å²) in [6, 6.07) is 18.3. The van der Waals surface area contributed by atoms with Gasteiger partial charge in [-0.15, -0.1) is 11.3 Å². The molecule has 0 saturated carbocycles. The van der Waals surface area contributed by atoms with Crippen LogP contribution < -0.4 is 0 Å². The van der Waals surface area contributed by atoms with Gasteiger partial charge in [0.2, 0.25) is 0 Å². The number of hydrazone groups is 1. The highest BCUT2D eigenvalue weighted by atomic mass is 32.1. The van der Waals surface area contributed by atoms with E-state index in [4.69, 9.17) is 9.52 Å². The van der Waals surface area contributed by atoms with Crippen molar-refractivity contribution in [2.75, 3.05) is 32.7 Å². The van der Waals surface area contributed by atoms with Crippen LogP contribution in [0.2, 0.25) is 0 Å². The number of carbonyl (C=O) groups excluding carboxylic acids is 1. The maximum Gasteiger partial charge on any atom is 0.257 e. The molecule has 1 saturated heterocycles. The van der Waals surface area contributed by atoms with E-state index in [1.165, 1.54) is 5.56 Å². The fraction of sp³-hybridized carbons (Fsp3) is 0.360. The molecule has 5 rings (SSSR count). The summed E-state index contributed by atoms with van der Waals surface area (Å²) in [5.74, 6) is 0.827. The van der Waals surface area contributed by atoms with Crippen LogP contribution in [0, 0.1) is 0 Å². The van der Waals surface area contributed by atoms with Crippen LogP contribution in [-0.4, -0.2) is 59.2 Å². The SMILES string of the molecule is O=C(CN1CCCN(Cc2ccccc2)CC1)N1N=C(c2cccs2)CC1c1ccco1. The van der Waals surface area contributed by atoms with Gasteiger partial charge in [0.1, 0.15) is 11.8 Å². The molecule has 2 aliphatic rings. The Morgan fingerprint density at radius 2 is 1.84 bits per heavy atom. The van der Waals surface area contributed by atoms with Crippen molar-refractivity contribution in [1.82, 2.24) is 14.8 Å². The molecule has 4 heterocycles. The zero-order valence-electron chi connectivity index (χ0n) is 18.1. The van der Waals surface area contributed by atoms with Crippen molar-refractivity contribution in [3.05, 3.63) is 82.4 Å². The second kappa shape index (κ2) is 9.81. The fourth-order valence-corrected chi connectivity index (χ4v) is 5.20. The zero-order valence-corrected chi connectivity index (χ0v) is 18.9. The first-order chi connectivity index (χ1) is 15.8. The van der Waals surface area contributed by atoms with Crippen molar-refractivity contribution in [3.8, 4) is 0 Å². The number of furan rings is 1. The largest absolute Gasteiger partial charge is 0.467 e. The Bertz CT molecular complexity index is 1030. The van der Waals surface area contributed by atoms with Crippen LogP contribution in [0.25, 0.3) is 0 Å². The first kappa shape index (κ1) is 21.1. The van der Waals surface area contributed by atoms with Gasteiger partial charge < -0.3 is 4.42 Å². The number of hydrogen-bond donors (Lipinski definition) is 0. The predicted octanol–water partition coefficient (Wildman–Crippen LogP) is 4.23. The van der Waals surface area contributed by atoms with Gasteiger partial charge in [-0.1, -0.05) is 36.4 Å². The Morgan fingerprint density at radius 3 is 2.62 bits per heavy atom. The van der Waals surface area contributed by atoms with Crippen molar-refractivity contribution in [1.29, 1.82) is 0 Å². The molecule has 2 aliphatic heterocycles. The summed E-state index contributed by atoms with van der Waals surface area (Å²) in [6.45, 7) is 5.19. The molecule has 0 radical (unpaired) electrons. The molecule has 1 unspecified atom stereocenters. The van der Waals surface area contributed by atoms with Gasteiger partial charge in [-0.05, 0) is 48.7 Å². The predicted molar refractivity (Wildman–Crippen MR) is 127 cm³/mol. The minimum atomic E-state index is -0.170. The van der Waals surface area contributed by atoms with Crippen LogP contribution in [0.3, 0.4) is 0 Å². The van der Waals surface area contributed by atoms with E-state index in [-0.39, 0.29) is 11.9 Å². The average Bonchev–Trinajstić information content (AvgIpc) is 3.56. The van der Waals surface area contributed by atoms with Crippen molar-refractivity contribution in [2.45, 2.75) is 25.4 Å². The summed E-state index contributed by atoms with van der Waals surface area (Å²) < 4.78 is 5.66. The minimum absolute atomic E-state index is 0.0365. The number of nitrogens with zero attached hydrogens (tertiary/aromatic N) is 4. The monoisotopic (exact) mass is 448 g/mol. The molecule has 1 aromatic carbocycles. The normalized spacial score (nSPS) is 20.3. The van der Waals surface area contributed by atoms with Gasteiger partial charge in [0.15, 0.2) is 0 Å². The minimum Gasteiger partial charge on any atom is -0.467 e. The molecular weight excluding hydrogens is 420 g/mol. The topological polar surface area (TPSA) is 52.3 Å². The van der Waals surface area contributed by atoms with Gasteiger partial charge in [-0.2, -0.15) is 5.10 Å². The molecule has 3 aromatic rings.